The van der Waals surface area contributed by atoms with Crippen molar-refractivity contribution in [3.63, 3.8) is 0 Å². The fourth-order valence-corrected chi connectivity index (χ4v) is 2.09. The van der Waals surface area contributed by atoms with Gasteiger partial charge in [0.25, 0.3) is 0 Å². The minimum atomic E-state index is -0.270. The molecule has 2 heterocycles. The van der Waals surface area contributed by atoms with Crippen LogP contribution in [0.3, 0.4) is 0 Å². The van der Waals surface area contributed by atoms with Gasteiger partial charge in [0, 0.05) is 18.7 Å². The number of carbonyl (C=O) groups is 1. The SMILES string of the molecule is CCOC(=O)c1[nH]ccc1C1CCCOC1. The van der Waals surface area contributed by atoms with Gasteiger partial charge in [0.1, 0.15) is 5.69 Å². The van der Waals surface area contributed by atoms with Gasteiger partial charge >= 0.3 is 5.97 Å². The molecule has 2 rings (SSSR count). The lowest BCUT2D eigenvalue weighted by Gasteiger charge is -2.22. The van der Waals surface area contributed by atoms with E-state index in [-0.39, 0.29) is 5.97 Å². The van der Waals surface area contributed by atoms with Gasteiger partial charge in [-0.25, -0.2) is 4.79 Å². The summed E-state index contributed by atoms with van der Waals surface area (Å²) < 4.78 is 10.4. The van der Waals surface area contributed by atoms with Gasteiger partial charge in [0.15, 0.2) is 0 Å². The first kappa shape index (κ1) is 11.2. The molecule has 0 saturated carbocycles. The third kappa shape index (κ3) is 2.27. The van der Waals surface area contributed by atoms with E-state index >= 15 is 0 Å². The molecule has 0 radical (unpaired) electrons. The number of H-pyrrole nitrogens is 1. The van der Waals surface area contributed by atoms with Gasteiger partial charge in [0.2, 0.25) is 0 Å². The normalized spacial score (nSPS) is 20.7. The van der Waals surface area contributed by atoms with E-state index in [0.717, 1.165) is 25.0 Å². The van der Waals surface area contributed by atoms with E-state index in [4.69, 9.17) is 9.47 Å². The molecule has 4 nitrogen and oxygen atoms in total. The number of carbonyl (C=O) groups excluding carboxylic acids is 1. The molecule has 0 bridgehead atoms. The molecule has 16 heavy (non-hydrogen) atoms. The zero-order valence-electron chi connectivity index (χ0n) is 9.49. The summed E-state index contributed by atoms with van der Waals surface area (Å²) in [7, 11) is 0. The van der Waals surface area contributed by atoms with Crippen LogP contribution in [0.5, 0.6) is 0 Å². The Balaban J connectivity index is 2.14. The molecule has 0 spiro atoms. The van der Waals surface area contributed by atoms with Crippen LogP contribution in [-0.4, -0.2) is 30.8 Å². The van der Waals surface area contributed by atoms with Crippen molar-refractivity contribution >= 4 is 5.97 Å². The summed E-state index contributed by atoms with van der Waals surface area (Å²) in [6, 6.07) is 1.95. The van der Waals surface area contributed by atoms with Crippen molar-refractivity contribution in [3.05, 3.63) is 23.5 Å². The van der Waals surface area contributed by atoms with E-state index in [2.05, 4.69) is 4.98 Å². The van der Waals surface area contributed by atoms with Crippen LogP contribution in [0.25, 0.3) is 0 Å². The van der Waals surface area contributed by atoms with Gasteiger partial charge in [0.05, 0.1) is 13.2 Å². The van der Waals surface area contributed by atoms with Gasteiger partial charge < -0.3 is 14.5 Å². The van der Waals surface area contributed by atoms with E-state index in [1.54, 1.807) is 6.20 Å². The first-order valence-corrected chi connectivity index (χ1v) is 5.75. The molecule has 88 valence electrons. The fraction of sp³-hybridized carbons (Fsp3) is 0.583. The van der Waals surface area contributed by atoms with Crippen LogP contribution in [0, 0.1) is 0 Å². The number of rotatable bonds is 3. The number of nitrogens with one attached hydrogen (secondary N) is 1. The lowest BCUT2D eigenvalue weighted by atomic mass is 9.93. The third-order valence-electron chi connectivity index (χ3n) is 2.86. The molecular formula is C12H17NO3. The lowest BCUT2D eigenvalue weighted by molar-refractivity contribution is 0.0512. The van der Waals surface area contributed by atoms with Crippen molar-refractivity contribution in [2.45, 2.75) is 25.7 Å². The Morgan fingerprint density at radius 3 is 3.25 bits per heavy atom. The van der Waals surface area contributed by atoms with Crippen LogP contribution >= 0.6 is 0 Å². The van der Waals surface area contributed by atoms with Gasteiger partial charge in [-0.3, -0.25) is 0 Å². The fourth-order valence-electron chi connectivity index (χ4n) is 2.09. The quantitative estimate of drug-likeness (QED) is 0.798. The monoisotopic (exact) mass is 223 g/mol. The average molecular weight is 223 g/mol. The Morgan fingerprint density at radius 1 is 1.69 bits per heavy atom. The second kappa shape index (κ2) is 5.16. The summed E-state index contributed by atoms with van der Waals surface area (Å²) >= 11 is 0. The molecule has 1 N–H and O–H groups in total. The van der Waals surface area contributed by atoms with Gasteiger partial charge in [-0.2, -0.15) is 0 Å². The van der Waals surface area contributed by atoms with Crippen LogP contribution in [0.4, 0.5) is 0 Å². The molecular weight excluding hydrogens is 206 g/mol. The van der Waals surface area contributed by atoms with Crippen molar-refractivity contribution in [3.8, 4) is 0 Å². The third-order valence-corrected chi connectivity index (χ3v) is 2.86. The van der Waals surface area contributed by atoms with E-state index < -0.39 is 0 Å². The van der Waals surface area contributed by atoms with Crippen LogP contribution < -0.4 is 0 Å². The van der Waals surface area contributed by atoms with Crippen LogP contribution in [0.2, 0.25) is 0 Å². The zero-order chi connectivity index (χ0) is 11.4. The highest BCUT2D eigenvalue weighted by atomic mass is 16.5. The minimum absolute atomic E-state index is 0.270. The van der Waals surface area contributed by atoms with Crippen molar-refractivity contribution < 1.29 is 14.3 Å². The standard InChI is InChI=1S/C12H17NO3/c1-2-16-12(14)11-10(5-6-13-11)9-4-3-7-15-8-9/h5-6,9,13H,2-4,7-8H2,1H3. The number of aromatic amines is 1. The summed E-state index contributed by atoms with van der Waals surface area (Å²) in [6.07, 6.45) is 3.92. The molecule has 4 heteroatoms. The highest BCUT2D eigenvalue weighted by Gasteiger charge is 2.23. The Bertz CT molecular complexity index is 353. The van der Waals surface area contributed by atoms with E-state index in [1.807, 2.05) is 13.0 Å². The van der Waals surface area contributed by atoms with E-state index in [1.165, 1.54) is 0 Å². The molecule has 1 aromatic heterocycles. The van der Waals surface area contributed by atoms with Crippen molar-refractivity contribution in [2.75, 3.05) is 19.8 Å². The van der Waals surface area contributed by atoms with Crippen LogP contribution in [0.1, 0.15) is 41.7 Å². The average Bonchev–Trinajstić information content (AvgIpc) is 2.79. The second-order valence-electron chi connectivity index (χ2n) is 3.94. The van der Waals surface area contributed by atoms with E-state index in [9.17, 15) is 4.79 Å². The first-order chi connectivity index (χ1) is 7.83. The molecule has 0 aromatic carbocycles. The molecule has 1 unspecified atom stereocenters. The van der Waals surface area contributed by atoms with Crippen molar-refractivity contribution in [1.82, 2.24) is 4.98 Å². The predicted molar refractivity (Wildman–Crippen MR) is 59.5 cm³/mol. The van der Waals surface area contributed by atoms with Crippen LogP contribution in [-0.2, 0) is 9.47 Å². The summed E-state index contributed by atoms with van der Waals surface area (Å²) in [6.45, 7) is 3.74. The number of hydrogen-bond donors (Lipinski definition) is 1. The maximum atomic E-state index is 11.7. The second-order valence-corrected chi connectivity index (χ2v) is 3.94. The molecule has 0 amide bonds. The molecule has 1 aliphatic heterocycles. The number of ether oxygens (including phenoxy) is 2. The molecule has 1 fully saturated rings. The Labute approximate surface area is 94.9 Å². The maximum Gasteiger partial charge on any atom is 0.355 e. The van der Waals surface area contributed by atoms with Crippen LogP contribution in [0.15, 0.2) is 12.3 Å². The van der Waals surface area contributed by atoms with Gasteiger partial charge in [-0.05, 0) is 31.4 Å². The van der Waals surface area contributed by atoms with E-state index in [0.29, 0.717) is 24.8 Å². The van der Waals surface area contributed by atoms with Crippen molar-refractivity contribution in [2.24, 2.45) is 0 Å². The molecule has 1 aromatic rings. The first-order valence-electron chi connectivity index (χ1n) is 5.75. The Kier molecular flexibility index (Phi) is 3.62. The largest absolute Gasteiger partial charge is 0.461 e. The summed E-state index contributed by atoms with van der Waals surface area (Å²) in [4.78, 5) is 14.6. The minimum Gasteiger partial charge on any atom is -0.461 e. The molecule has 0 aliphatic carbocycles. The van der Waals surface area contributed by atoms with Gasteiger partial charge in [-0.1, -0.05) is 0 Å². The Hall–Kier alpha value is -1.29. The molecule has 1 saturated heterocycles. The zero-order valence-corrected chi connectivity index (χ0v) is 9.49. The highest BCUT2D eigenvalue weighted by Crippen LogP contribution is 2.27. The number of esters is 1. The Morgan fingerprint density at radius 2 is 2.56 bits per heavy atom. The summed E-state index contributed by atoms with van der Waals surface area (Å²) in [5.41, 5.74) is 1.61. The lowest BCUT2D eigenvalue weighted by Crippen LogP contribution is -2.18. The topological polar surface area (TPSA) is 51.3 Å². The maximum absolute atomic E-state index is 11.7. The number of hydrogen-bond acceptors (Lipinski definition) is 3. The highest BCUT2D eigenvalue weighted by molar-refractivity contribution is 5.89. The molecule has 1 atom stereocenters. The molecule has 1 aliphatic rings. The van der Waals surface area contributed by atoms with Gasteiger partial charge in [-0.15, -0.1) is 0 Å². The predicted octanol–water partition coefficient (Wildman–Crippen LogP) is 2.09. The number of aromatic nitrogens is 1. The summed E-state index contributed by atoms with van der Waals surface area (Å²) in [5, 5.41) is 0. The summed E-state index contributed by atoms with van der Waals surface area (Å²) in [5.74, 6) is 0.0486. The smallest absolute Gasteiger partial charge is 0.355 e. The van der Waals surface area contributed by atoms with Crippen molar-refractivity contribution in [1.29, 1.82) is 0 Å².